The van der Waals surface area contributed by atoms with Gasteiger partial charge < -0.3 is 4.57 Å². The van der Waals surface area contributed by atoms with Gasteiger partial charge in [-0.1, -0.05) is 13.8 Å². The van der Waals surface area contributed by atoms with Gasteiger partial charge in [0.05, 0.1) is 6.54 Å². The zero-order chi connectivity index (χ0) is 16.8. The average molecular weight is 341 g/mol. The van der Waals surface area contributed by atoms with E-state index in [-0.39, 0.29) is 6.54 Å². The Hall–Kier alpha value is -0.990. The van der Waals surface area contributed by atoms with Gasteiger partial charge in [-0.3, -0.25) is 0 Å². The van der Waals surface area contributed by atoms with Gasteiger partial charge in [0.15, 0.2) is 0 Å². The summed E-state index contributed by atoms with van der Waals surface area (Å²) in [7, 11) is 0.102. The Morgan fingerprint density at radius 1 is 1.17 bits per heavy atom. The van der Waals surface area contributed by atoms with Gasteiger partial charge in [-0.15, -0.1) is 10.2 Å². The molecule has 1 aromatic heterocycles. The number of rotatable bonds is 5. The molecule has 1 aliphatic heterocycles. The molecule has 2 aliphatic rings. The normalized spacial score (nSPS) is 26.8. The maximum absolute atomic E-state index is 12.8. The van der Waals surface area contributed by atoms with E-state index in [1.807, 2.05) is 11.6 Å². The molecular weight excluding hydrogens is 314 g/mol. The summed E-state index contributed by atoms with van der Waals surface area (Å²) < 4.78 is 30.6. The molecule has 0 N–H and O–H groups in total. The van der Waals surface area contributed by atoms with E-state index in [4.69, 9.17) is 0 Å². The summed E-state index contributed by atoms with van der Waals surface area (Å²) in [5.74, 6) is 2.99. The molecular formula is C15H27N5O2S. The Labute approximate surface area is 138 Å². The van der Waals surface area contributed by atoms with Gasteiger partial charge in [-0.25, -0.2) is 0 Å². The van der Waals surface area contributed by atoms with E-state index < -0.39 is 10.2 Å². The van der Waals surface area contributed by atoms with Crippen LogP contribution in [0.2, 0.25) is 0 Å². The summed E-state index contributed by atoms with van der Waals surface area (Å²) in [6, 6.07) is 0. The van der Waals surface area contributed by atoms with Crippen LogP contribution in [0.4, 0.5) is 0 Å². The Morgan fingerprint density at radius 2 is 1.78 bits per heavy atom. The molecule has 0 radical (unpaired) electrons. The van der Waals surface area contributed by atoms with Crippen molar-refractivity contribution in [2.45, 2.75) is 45.6 Å². The fourth-order valence-corrected chi connectivity index (χ4v) is 5.04. The molecule has 8 heteroatoms. The van der Waals surface area contributed by atoms with Gasteiger partial charge in [0, 0.05) is 33.1 Å². The Kier molecular flexibility index (Phi) is 4.50. The highest BCUT2D eigenvalue weighted by Gasteiger charge is 2.34. The summed E-state index contributed by atoms with van der Waals surface area (Å²) in [4.78, 5) is 0. The molecule has 0 aromatic carbocycles. The van der Waals surface area contributed by atoms with Crippen molar-refractivity contribution in [3.63, 3.8) is 0 Å². The van der Waals surface area contributed by atoms with Crippen LogP contribution in [0.15, 0.2) is 0 Å². The van der Waals surface area contributed by atoms with Crippen molar-refractivity contribution in [3.8, 4) is 0 Å². The summed E-state index contributed by atoms with van der Waals surface area (Å²) >= 11 is 0. The number of aromatic nitrogens is 3. The first-order valence-corrected chi connectivity index (χ1v) is 9.78. The van der Waals surface area contributed by atoms with Crippen LogP contribution in [0, 0.1) is 11.8 Å². The second-order valence-electron chi connectivity index (χ2n) is 7.33. The first-order valence-electron chi connectivity index (χ1n) is 8.38. The number of hydrogen-bond acceptors (Lipinski definition) is 4. The van der Waals surface area contributed by atoms with E-state index in [0.29, 0.717) is 36.7 Å². The predicted molar refractivity (Wildman–Crippen MR) is 87.9 cm³/mol. The number of piperidine rings is 1. The lowest BCUT2D eigenvalue weighted by molar-refractivity contribution is 0.210. The molecule has 0 amide bonds. The highest BCUT2D eigenvalue weighted by atomic mass is 32.2. The summed E-state index contributed by atoms with van der Waals surface area (Å²) in [6.45, 7) is 5.69. The van der Waals surface area contributed by atoms with E-state index in [1.165, 1.54) is 4.31 Å². The molecule has 7 nitrogen and oxygen atoms in total. The van der Waals surface area contributed by atoms with Crippen molar-refractivity contribution < 1.29 is 8.42 Å². The third kappa shape index (κ3) is 3.44. The van der Waals surface area contributed by atoms with Crippen LogP contribution in [-0.4, -0.2) is 51.9 Å². The van der Waals surface area contributed by atoms with Crippen LogP contribution in [0.1, 0.15) is 50.7 Å². The van der Waals surface area contributed by atoms with Gasteiger partial charge in [0.25, 0.3) is 10.2 Å². The Morgan fingerprint density at radius 3 is 2.35 bits per heavy atom. The first kappa shape index (κ1) is 16.9. The van der Waals surface area contributed by atoms with E-state index in [0.717, 1.165) is 25.1 Å². The lowest BCUT2D eigenvalue weighted by atomic mass is 9.94. The smallest absolute Gasteiger partial charge is 0.282 e. The summed E-state index contributed by atoms with van der Waals surface area (Å²) in [5.41, 5.74) is 0. The molecule has 2 fully saturated rings. The minimum atomic E-state index is -3.45. The lowest BCUT2D eigenvalue weighted by Crippen LogP contribution is -2.48. The summed E-state index contributed by atoms with van der Waals surface area (Å²) in [6.07, 6.45) is 3.40. The monoisotopic (exact) mass is 341 g/mol. The van der Waals surface area contributed by atoms with E-state index >= 15 is 0 Å². The second-order valence-corrected chi connectivity index (χ2v) is 9.37. The van der Waals surface area contributed by atoms with Gasteiger partial charge in [-0.05, 0) is 31.1 Å². The fraction of sp³-hybridized carbons (Fsp3) is 0.867. The molecule has 0 unspecified atom stereocenters. The molecule has 0 spiro atoms. The average Bonchev–Trinajstić information content (AvgIpc) is 3.24. The SMILES string of the molecule is C[C@@H]1C[C@H](C)CN(S(=O)(=O)N(C)Cc2nnc(C3CC3)n2C)C1. The lowest BCUT2D eigenvalue weighted by Gasteiger charge is -2.36. The van der Waals surface area contributed by atoms with Crippen LogP contribution >= 0.6 is 0 Å². The first-order chi connectivity index (χ1) is 10.8. The molecule has 2 heterocycles. The van der Waals surface area contributed by atoms with Crippen LogP contribution in [0.3, 0.4) is 0 Å². The standard InChI is InChI=1S/C15H27N5O2S/c1-11-7-12(2)9-20(8-11)23(21,22)18(3)10-14-16-17-15(19(14)4)13-5-6-13/h11-13H,5-10H2,1-4H3/t11-,12+. The van der Waals surface area contributed by atoms with Crippen LogP contribution in [0.5, 0.6) is 0 Å². The van der Waals surface area contributed by atoms with Gasteiger partial charge in [0.1, 0.15) is 11.6 Å². The Balaban J connectivity index is 1.72. The van der Waals surface area contributed by atoms with Gasteiger partial charge in [0.2, 0.25) is 0 Å². The fourth-order valence-electron chi connectivity index (χ4n) is 3.48. The van der Waals surface area contributed by atoms with Crippen LogP contribution < -0.4 is 0 Å². The minimum Gasteiger partial charge on any atom is -0.317 e. The number of hydrogen-bond donors (Lipinski definition) is 0. The maximum atomic E-state index is 12.8. The van der Waals surface area contributed by atoms with Gasteiger partial charge in [-0.2, -0.15) is 17.0 Å². The highest BCUT2D eigenvalue weighted by Crippen LogP contribution is 2.38. The molecule has 1 saturated carbocycles. The molecule has 1 aliphatic carbocycles. The predicted octanol–water partition coefficient (Wildman–Crippen LogP) is 1.35. The van der Waals surface area contributed by atoms with E-state index in [9.17, 15) is 8.42 Å². The zero-order valence-electron chi connectivity index (χ0n) is 14.4. The highest BCUT2D eigenvalue weighted by molar-refractivity contribution is 7.86. The molecule has 23 heavy (non-hydrogen) atoms. The third-order valence-corrected chi connectivity index (χ3v) is 6.73. The summed E-state index contributed by atoms with van der Waals surface area (Å²) in [5, 5.41) is 8.42. The molecule has 0 bridgehead atoms. The van der Waals surface area contributed by atoms with Crippen molar-refractivity contribution in [1.29, 1.82) is 0 Å². The molecule has 1 aromatic rings. The minimum absolute atomic E-state index is 0.262. The van der Waals surface area contributed by atoms with Crippen molar-refractivity contribution in [2.75, 3.05) is 20.1 Å². The van der Waals surface area contributed by atoms with Gasteiger partial charge >= 0.3 is 0 Å². The van der Waals surface area contributed by atoms with E-state index in [2.05, 4.69) is 24.0 Å². The maximum Gasteiger partial charge on any atom is 0.282 e. The molecule has 3 rings (SSSR count). The zero-order valence-corrected chi connectivity index (χ0v) is 15.3. The Bertz CT molecular complexity index is 657. The second kappa shape index (κ2) is 6.14. The molecule has 1 saturated heterocycles. The van der Waals surface area contributed by atoms with Crippen molar-refractivity contribution in [2.24, 2.45) is 18.9 Å². The molecule has 2 atom stereocenters. The van der Waals surface area contributed by atoms with Crippen LogP contribution in [-0.2, 0) is 23.8 Å². The third-order valence-electron chi connectivity index (χ3n) is 4.86. The van der Waals surface area contributed by atoms with Crippen molar-refractivity contribution in [3.05, 3.63) is 11.6 Å². The largest absolute Gasteiger partial charge is 0.317 e. The molecule has 130 valence electrons. The topological polar surface area (TPSA) is 71.3 Å². The van der Waals surface area contributed by atoms with Crippen LogP contribution in [0.25, 0.3) is 0 Å². The number of nitrogens with zero attached hydrogens (tertiary/aromatic N) is 5. The quantitative estimate of drug-likeness (QED) is 0.810. The van der Waals surface area contributed by atoms with Crippen molar-refractivity contribution >= 4 is 10.2 Å². The van der Waals surface area contributed by atoms with Crippen molar-refractivity contribution in [1.82, 2.24) is 23.4 Å². The van der Waals surface area contributed by atoms with E-state index in [1.54, 1.807) is 11.4 Å².